The molecule has 0 aliphatic heterocycles. The van der Waals surface area contributed by atoms with Gasteiger partial charge in [0.05, 0.1) is 5.52 Å². The first-order valence-electron chi connectivity index (χ1n) is 3.80. The van der Waals surface area contributed by atoms with Crippen LogP contribution in [0.2, 0.25) is 0 Å². The van der Waals surface area contributed by atoms with Crippen LogP contribution in [0.25, 0.3) is 10.9 Å². The number of hydrogen-bond acceptors (Lipinski definition) is 1. The largest absolute Gasteiger partial charge is 0.276 e. The van der Waals surface area contributed by atoms with Crippen LogP contribution in [0.15, 0.2) is 12.1 Å². The molecule has 0 spiro atoms. The predicted octanol–water partition coefficient (Wildman–Crippen LogP) is 2.78. The van der Waals surface area contributed by atoms with Gasteiger partial charge in [-0.05, 0) is 53.6 Å². The molecule has 0 aliphatic rings. The van der Waals surface area contributed by atoms with Crippen LogP contribution in [-0.4, -0.2) is 10.2 Å². The molecule has 1 heterocycles. The minimum atomic E-state index is 1.05. The Balaban J connectivity index is 2.93. The summed E-state index contributed by atoms with van der Waals surface area (Å²) in [5.41, 5.74) is 3.77. The highest BCUT2D eigenvalue weighted by Gasteiger charge is 2.05. The van der Waals surface area contributed by atoms with E-state index in [0.717, 1.165) is 3.70 Å². The number of aromatic amines is 1. The number of benzene rings is 1. The Labute approximate surface area is 84.5 Å². The smallest absolute Gasteiger partial charge is 0.130 e. The van der Waals surface area contributed by atoms with E-state index in [9.17, 15) is 0 Å². The van der Waals surface area contributed by atoms with Crippen LogP contribution in [0, 0.1) is 17.5 Å². The molecule has 0 atom stereocenters. The molecule has 1 N–H and O–H groups in total. The van der Waals surface area contributed by atoms with Crippen molar-refractivity contribution in [3.05, 3.63) is 27.0 Å². The molecule has 3 heteroatoms. The summed E-state index contributed by atoms with van der Waals surface area (Å²) in [7, 11) is 0. The van der Waals surface area contributed by atoms with Gasteiger partial charge >= 0.3 is 0 Å². The SMILES string of the molecule is Cc1ccc2c(I)n[nH]c2c1C. The van der Waals surface area contributed by atoms with Crippen molar-refractivity contribution in [3.8, 4) is 0 Å². The topological polar surface area (TPSA) is 28.7 Å². The van der Waals surface area contributed by atoms with Crippen molar-refractivity contribution >= 4 is 33.5 Å². The average molecular weight is 272 g/mol. The van der Waals surface area contributed by atoms with Crippen LogP contribution in [0.4, 0.5) is 0 Å². The first-order valence-corrected chi connectivity index (χ1v) is 4.88. The standard InChI is InChI=1S/C9H9IN2/c1-5-3-4-7-8(6(5)2)11-12-9(7)10/h3-4H,1-2H3,(H,11,12). The number of nitrogens with zero attached hydrogens (tertiary/aromatic N) is 1. The van der Waals surface area contributed by atoms with Gasteiger partial charge < -0.3 is 0 Å². The fourth-order valence-corrected chi connectivity index (χ4v) is 1.87. The summed E-state index contributed by atoms with van der Waals surface area (Å²) in [4.78, 5) is 0. The number of H-pyrrole nitrogens is 1. The highest BCUT2D eigenvalue weighted by Crippen LogP contribution is 2.22. The molecule has 0 saturated heterocycles. The van der Waals surface area contributed by atoms with Gasteiger partial charge in [0.25, 0.3) is 0 Å². The van der Waals surface area contributed by atoms with Crippen molar-refractivity contribution in [2.24, 2.45) is 0 Å². The highest BCUT2D eigenvalue weighted by molar-refractivity contribution is 14.1. The molecular weight excluding hydrogens is 263 g/mol. The molecule has 0 radical (unpaired) electrons. The second-order valence-corrected chi connectivity index (χ2v) is 3.97. The third-order valence-corrected chi connectivity index (χ3v) is 3.05. The van der Waals surface area contributed by atoms with Crippen molar-refractivity contribution in [1.29, 1.82) is 0 Å². The number of rotatable bonds is 0. The van der Waals surface area contributed by atoms with Gasteiger partial charge in [0, 0.05) is 5.39 Å². The quantitative estimate of drug-likeness (QED) is 0.734. The molecule has 62 valence electrons. The summed E-state index contributed by atoms with van der Waals surface area (Å²) >= 11 is 2.24. The van der Waals surface area contributed by atoms with E-state index in [1.807, 2.05) is 0 Å². The number of hydrogen-bond donors (Lipinski definition) is 1. The highest BCUT2D eigenvalue weighted by atomic mass is 127. The van der Waals surface area contributed by atoms with Gasteiger partial charge in [-0.3, -0.25) is 5.10 Å². The Morgan fingerprint density at radius 3 is 2.83 bits per heavy atom. The van der Waals surface area contributed by atoms with E-state index in [0.29, 0.717) is 0 Å². The van der Waals surface area contributed by atoms with Crippen LogP contribution >= 0.6 is 22.6 Å². The Kier molecular flexibility index (Phi) is 1.83. The molecule has 12 heavy (non-hydrogen) atoms. The van der Waals surface area contributed by atoms with E-state index in [-0.39, 0.29) is 0 Å². The van der Waals surface area contributed by atoms with Crippen molar-refractivity contribution in [2.45, 2.75) is 13.8 Å². The van der Waals surface area contributed by atoms with Crippen LogP contribution in [-0.2, 0) is 0 Å². The predicted molar refractivity (Wildman–Crippen MR) is 58.3 cm³/mol. The van der Waals surface area contributed by atoms with E-state index in [1.165, 1.54) is 22.0 Å². The number of fused-ring (bicyclic) bond motifs is 1. The third kappa shape index (κ3) is 1.03. The fraction of sp³-hybridized carbons (Fsp3) is 0.222. The Morgan fingerprint density at radius 2 is 2.08 bits per heavy atom. The van der Waals surface area contributed by atoms with Crippen molar-refractivity contribution < 1.29 is 0 Å². The first kappa shape index (κ1) is 8.04. The summed E-state index contributed by atoms with van der Waals surface area (Å²) in [6.07, 6.45) is 0. The molecule has 0 saturated carbocycles. The monoisotopic (exact) mass is 272 g/mol. The van der Waals surface area contributed by atoms with Crippen molar-refractivity contribution in [2.75, 3.05) is 0 Å². The van der Waals surface area contributed by atoms with Crippen LogP contribution in [0.3, 0.4) is 0 Å². The number of aromatic nitrogens is 2. The van der Waals surface area contributed by atoms with E-state index in [2.05, 4.69) is 58.8 Å². The molecule has 1 aromatic heterocycles. The maximum absolute atomic E-state index is 4.16. The fourth-order valence-electron chi connectivity index (χ4n) is 1.30. The minimum absolute atomic E-state index is 1.05. The number of halogens is 1. The zero-order valence-electron chi connectivity index (χ0n) is 6.98. The summed E-state index contributed by atoms with van der Waals surface area (Å²) in [5, 5.41) is 8.42. The summed E-state index contributed by atoms with van der Waals surface area (Å²) < 4.78 is 1.05. The second kappa shape index (κ2) is 2.73. The normalized spacial score (nSPS) is 10.9. The molecule has 0 aliphatic carbocycles. The maximum Gasteiger partial charge on any atom is 0.130 e. The first-order chi connectivity index (χ1) is 5.70. The Bertz CT molecular complexity index is 431. The zero-order valence-corrected chi connectivity index (χ0v) is 9.14. The molecule has 2 rings (SSSR count). The molecule has 0 bridgehead atoms. The van der Waals surface area contributed by atoms with Gasteiger partial charge in [-0.15, -0.1) is 0 Å². The summed E-state index contributed by atoms with van der Waals surface area (Å²) in [6, 6.07) is 4.25. The lowest BCUT2D eigenvalue weighted by molar-refractivity contribution is 1.09. The van der Waals surface area contributed by atoms with Gasteiger partial charge in [-0.2, -0.15) is 5.10 Å². The lowest BCUT2D eigenvalue weighted by Crippen LogP contribution is -1.81. The molecule has 2 aromatic rings. The van der Waals surface area contributed by atoms with Gasteiger partial charge in [-0.25, -0.2) is 0 Å². The molecular formula is C9H9IN2. The number of nitrogens with one attached hydrogen (secondary N) is 1. The summed E-state index contributed by atoms with van der Waals surface area (Å²) in [5.74, 6) is 0. The second-order valence-electron chi connectivity index (χ2n) is 2.94. The molecule has 1 aromatic carbocycles. The Hall–Kier alpha value is -0.580. The van der Waals surface area contributed by atoms with Crippen molar-refractivity contribution in [1.82, 2.24) is 10.2 Å². The molecule has 2 nitrogen and oxygen atoms in total. The van der Waals surface area contributed by atoms with Crippen molar-refractivity contribution in [3.63, 3.8) is 0 Å². The lowest BCUT2D eigenvalue weighted by atomic mass is 10.1. The van der Waals surface area contributed by atoms with Gasteiger partial charge in [0.15, 0.2) is 0 Å². The minimum Gasteiger partial charge on any atom is -0.276 e. The average Bonchev–Trinajstić information content (AvgIpc) is 2.41. The van der Waals surface area contributed by atoms with E-state index in [4.69, 9.17) is 0 Å². The molecule has 0 amide bonds. The van der Waals surface area contributed by atoms with Gasteiger partial charge in [0.2, 0.25) is 0 Å². The lowest BCUT2D eigenvalue weighted by Gasteiger charge is -1.99. The van der Waals surface area contributed by atoms with E-state index in [1.54, 1.807) is 0 Å². The third-order valence-electron chi connectivity index (χ3n) is 2.22. The maximum atomic E-state index is 4.16. The summed E-state index contributed by atoms with van der Waals surface area (Å²) in [6.45, 7) is 4.23. The van der Waals surface area contributed by atoms with Crippen LogP contribution in [0.5, 0.6) is 0 Å². The van der Waals surface area contributed by atoms with E-state index >= 15 is 0 Å². The van der Waals surface area contributed by atoms with Gasteiger partial charge in [-0.1, -0.05) is 6.07 Å². The molecule has 0 fully saturated rings. The van der Waals surface area contributed by atoms with Crippen LogP contribution < -0.4 is 0 Å². The van der Waals surface area contributed by atoms with Gasteiger partial charge in [0.1, 0.15) is 3.70 Å². The Morgan fingerprint density at radius 1 is 1.33 bits per heavy atom. The molecule has 0 unspecified atom stereocenters. The van der Waals surface area contributed by atoms with Crippen LogP contribution in [0.1, 0.15) is 11.1 Å². The van der Waals surface area contributed by atoms with E-state index < -0.39 is 0 Å². The number of aryl methyl sites for hydroxylation is 2. The zero-order chi connectivity index (χ0) is 8.72.